The minimum Gasteiger partial charge on any atom is -0.352 e. The standard InChI is InChI=1S/C19H21FN2O/c20-16-8-6-14(7-9-16)12-13-21-18(15-4-2-1-3-5-15)19(23)22-17-10-11-17/h1-9,17-18,21H,10-13H2,(H,22,23). The van der Waals surface area contributed by atoms with Gasteiger partial charge in [0.25, 0.3) is 0 Å². The fourth-order valence-electron chi connectivity index (χ4n) is 2.53. The summed E-state index contributed by atoms with van der Waals surface area (Å²) in [5.41, 5.74) is 2.01. The maximum Gasteiger partial charge on any atom is 0.241 e. The van der Waals surface area contributed by atoms with E-state index in [4.69, 9.17) is 0 Å². The molecule has 2 aromatic rings. The molecule has 1 unspecified atom stereocenters. The number of halogens is 1. The molecule has 1 atom stereocenters. The summed E-state index contributed by atoms with van der Waals surface area (Å²) in [4.78, 5) is 12.5. The van der Waals surface area contributed by atoms with E-state index in [1.165, 1.54) is 12.1 Å². The minimum absolute atomic E-state index is 0.0257. The van der Waals surface area contributed by atoms with Crippen molar-refractivity contribution in [2.75, 3.05) is 6.54 Å². The third-order valence-corrected chi connectivity index (χ3v) is 3.99. The van der Waals surface area contributed by atoms with Gasteiger partial charge in [-0.15, -0.1) is 0 Å². The molecule has 0 aromatic heterocycles. The monoisotopic (exact) mass is 312 g/mol. The first-order valence-corrected chi connectivity index (χ1v) is 8.05. The highest BCUT2D eigenvalue weighted by atomic mass is 19.1. The van der Waals surface area contributed by atoms with Crippen LogP contribution >= 0.6 is 0 Å². The van der Waals surface area contributed by atoms with Crippen LogP contribution in [-0.4, -0.2) is 18.5 Å². The molecule has 0 heterocycles. The highest BCUT2D eigenvalue weighted by molar-refractivity contribution is 5.83. The molecule has 3 rings (SSSR count). The number of carbonyl (C=O) groups is 1. The Kier molecular flexibility index (Phi) is 5.03. The molecule has 0 radical (unpaired) electrons. The number of nitrogens with one attached hydrogen (secondary N) is 2. The summed E-state index contributed by atoms with van der Waals surface area (Å²) in [5, 5.41) is 6.38. The van der Waals surface area contributed by atoms with E-state index in [1.54, 1.807) is 12.1 Å². The molecule has 0 spiro atoms. The van der Waals surface area contributed by atoms with Gasteiger partial charge in [0.15, 0.2) is 0 Å². The Bertz CT molecular complexity index is 638. The summed E-state index contributed by atoms with van der Waals surface area (Å²) in [6.07, 6.45) is 2.89. The molecule has 2 N–H and O–H groups in total. The van der Waals surface area contributed by atoms with E-state index in [1.807, 2.05) is 30.3 Å². The third-order valence-electron chi connectivity index (χ3n) is 3.99. The van der Waals surface area contributed by atoms with Crippen LogP contribution in [0.5, 0.6) is 0 Å². The average Bonchev–Trinajstić information content (AvgIpc) is 3.38. The molecule has 1 aliphatic carbocycles. The smallest absolute Gasteiger partial charge is 0.241 e. The van der Waals surface area contributed by atoms with Crippen molar-refractivity contribution in [1.82, 2.24) is 10.6 Å². The Labute approximate surface area is 135 Å². The highest BCUT2D eigenvalue weighted by Gasteiger charge is 2.27. The van der Waals surface area contributed by atoms with E-state index in [-0.39, 0.29) is 17.8 Å². The molecule has 0 aliphatic heterocycles. The second-order valence-electron chi connectivity index (χ2n) is 5.96. The van der Waals surface area contributed by atoms with Crippen LogP contribution in [0.3, 0.4) is 0 Å². The Balaban J connectivity index is 1.61. The Hall–Kier alpha value is -2.20. The summed E-state index contributed by atoms with van der Waals surface area (Å²) in [6.45, 7) is 0.656. The van der Waals surface area contributed by atoms with Crippen molar-refractivity contribution in [3.63, 3.8) is 0 Å². The first kappa shape index (κ1) is 15.7. The molecule has 23 heavy (non-hydrogen) atoms. The molecule has 3 nitrogen and oxygen atoms in total. The van der Waals surface area contributed by atoms with Gasteiger partial charge in [0, 0.05) is 12.6 Å². The topological polar surface area (TPSA) is 41.1 Å². The van der Waals surface area contributed by atoms with Gasteiger partial charge in [-0.25, -0.2) is 4.39 Å². The highest BCUT2D eigenvalue weighted by Crippen LogP contribution is 2.21. The van der Waals surface area contributed by atoms with E-state index >= 15 is 0 Å². The Morgan fingerprint density at radius 3 is 2.43 bits per heavy atom. The van der Waals surface area contributed by atoms with E-state index in [0.29, 0.717) is 12.6 Å². The average molecular weight is 312 g/mol. The van der Waals surface area contributed by atoms with E-state index in [0.717, 1.165) is 30.4 Å². The zero-order valence-electron chi connectivity index (χ0n) is 13.0. The number of hydrogen-bond acceptors (Lipinski definition) is 2. The van der Waals surface area contributed by atoms with Gasteiger partial charge >= 0.3 is 0 Å². The molecule has 1 amide bonds. The molecule has 2 aromatic carbocycles. The summed E-state index contributed by atoms with van der Waals surface area (Å²) >= 11 is 0. The molecule has 0 saturated heterocycles. The van der Waals surface area contributed by atoms with Crippen LogP contribution in [-0.2, 0) is 11.2 Å². The molecule has 1 fully saturated rings. The number of carbonyl (C=O) groups excluding carboxylic acids is 1. The van der Waals surface area contributed by atoms with Crippen LogP contribution in [0.15, 0.2) is 54.6 Å². The van der Waals surface area contributed by atoms with Gasteiger partial charge in [-0.05, 0) is 42.5 Å². The summed E-state index contributed by atoms with van der Waals surface area (Å²) in [7, 11) is 0. The van der Waals surface area contributed by atoms with Crippen LogP contribution < -0.4 is 10.6 Å². The molecule has 1 aliphatic rings. The lowest BCUT2D eigenvalue weighted by atomic mass is 10.1. The maximum absolute atomic E-state index is 12.9. The van der Waals surface area contributed by atoms with Crippen LogP contribution in [0.1, 0.15) is 30.0 Å². The number of benzene rings is 2. The molecular formula is C19H21FN2O. The molecular weight excluding hydrogens is 291 g/mol. The fourth-order valence-corrected chi connectivity index (χ4v) is 2.53. The minimum atomic E-state index is -0.350. The van der Waals surface area contributed by atoms with Crippen LogP contribution in [0.25, 0.3) is 0 Å². The van der Waals surface area contributed by atoms with Gasteiger partial charge in [-0.3, -0.25) is 4.79 Å². The predicted octanol–water partition coefficient (Wildman–Crippen LogP) is 2.98. The summed E-state index contributed by atoms with van der Waals surface area (Å²) < 4.78 is 12.9. The van der Waals surface area contributed by atoms with Crippen molar-refractivity contribution >= 4 is 5.91 Å². The molecule has 4 heteroatoms. The number of amides is 1. The second-order valence-corrected chi connectivity index (χ2v) is 5.96. The van der Waals surface area contributed by atoms with Crippen LogP contribution in [0, 0.1) is 5.82 Å². The quantitative estimate of drug-likeness (QED) is 0.825. The first-order chi connectivity index (χ1) is 11.2. The fraction of sp³-hybridized carbons (Fsp3) is 0.316. The van der Waals surface area contributed by atoms with Crippen molar-refractivity contribution in [2.45, 2.75) is 31.3 Å². The zero-order chi connectivity index (χ0) is 16.1. The van der Waals surface area contributed by atoms with Gasteiger partial charge in [-0.1, -0.05) is 42.5 Å². The van der Waals surface area contributed by atoms with Gasteiger partial charge in [0.05, 0.1) is 0 Å². The van der Waals surface area contributed by atoms with Crippen molar-refractivity contribution in [3.8, 4) is 0 Å². The Morgan fingerprint density at radius 2 is 1.78 bits per heavy atom. The maximum atomic E-state index is 12.9. The van der Waals surface area contributed by atoms with Gasteiger partial charge in [0.2, 0.25) is 5.91 Å². The lowest BCUT2D eigenvalue weighted by Crippen LogP contribution is -2.39. The van der Waals surface area contributed by atoms with E-state index in [9.17, 15) is 9.18 Å². The van der Waals surface area contributed by atoms with Gasteiger partial charge < -0.3 is 10.6 Å². The van der Waals surface area contributed by atoms with Crippen LogP contribution in [0.2, 0.25) is 0 Å². The largest absolute Gasteiger partial charge is 0.352 e. The lowest BCUT2D eigenvalue weighted by molar-refractivity contribution is -0.123. The lowest BCUT2D eigenvalue weighted by Gasteiger charge is -2.19. The summed E-state index contributed by atoms with van der Waals surface area (Å²) in [6, 6.07) is 16.2. The number of rotatable bonds is 7. The predicted molar refractivity (Wildman–Crippen MR) is 88.5 cm³/mol. The van der Waals surface area contributed by atoms with Gasteiger partial charge in [-0.2, -0.15) is 0 Å². The van der Waals surface area contributed by atoms with Crippen LogP contribution in [0.4, 0.5) is 4.39 Å². The SMILES string of the molecule is O=C(NC1CC1)C(NCCc1ccc(F)cc1)c1ccccc1. The zero-order valence-corrected chi connectivity index (χ0v) is 13.0. The Morgan fingerprint density at radius 1 is 1.09 bits per heavy atom. The number of hydrogen-bond donors (Lipinski definition) is 2. The molecule has 0 bridgehead atoms. The van der Waals surface area contributed by atoms with Crippen molar-refractivity contribution in [3.05, 3.63) is 71.5 Å². The second kappa shape index (κ2) is 7.38. The normalized spacial score (nSPS) is 15.2. The van der Waals surface area contributed by atoms with E-state index in [2.05, 4.69) is 10.6 Å². The van der Waals surface area contributed by atoms with Crippen molar-refractivity contribution < 1.29 is 9.18 Å². The van der Waals surface area contributed by atoms with E-state index < -0.39 is 0 Å². The molecule has 120 valence electrons. The van der Waals surface area contributed by atoms with Crippen molar-refractivity contribution in [2.24, 2.45) is 0 Å². The summed E-state index contributed by atoms with van der Waals surface area (Å²) in [5.74, 6) is -0.203. The van der Waals surface area contributed by atoms with Gasteiger partial charge in [0.1, 0.15) is 11.9 Å². The van der Waals surface area contributed by atoms with Crippen molar-refractivity contribution in [1.29, 1.82) is 0 Å². The first-order valence-electron chi connectivity index (χ1n) is 8.05. The third kappa shape index (κ3) is 4.63. The molecule has 1 saturated carbocycles.